The molecule has 0 aromatic heterocycles. The first kappa shape index (κ1) is 17.0. The second kappa shape index (κ2) is 6.62. The molecule has 0 N–H and O–H groups in total. The minimum Gasteiger partial charge on any atom is -0.366 e. The molecule has 0 aliphatic carbocycles. The molecule has 2 nitrogen and oxygen atoms in total. The molecule has 0 radical (unpaired) electrons. The van der Waals surface area contributed by atoms with Gasteiger partial charge < -0.3 is 9.38 Å². The highest BCUT2D eigenvalue weighted by Gasteiger charge is 2.15. The molecule has 0 bridgehead atoms. The average molecular weight is 277 g/mol. The van der Waals surface area contributed by atoms with E-state index >= 15 is 0 Å². The molecular formula is C18H33N2+. The molecule has 0 amide bonds. The van der Waals surface area contributed by atoms with Crippen LogP contribution in [0.15, 0.2) is 24.3 Å². The molecule has 0 heterocycles. The van der Waals surface area contributed by atoms with Gasteiger partial charge in [0.05, 0.1) is 34.2 Å². The molecule has 0 saturated heterocycles. The molecular weight excluding hydrogens is 244 g/mol. The van der Waals surface area contributed by atoms with E-state index < -0.39 is 0 Å². The van der Waals surface area contributed by atoms with Crippen molar-refractivity contribution in [3.63, 3.8) is 0 Å². The monoisotopic (exact) mass is 277 g/mol. The maximum atomic E-state index is 2.51. The van der Waals surface area contributed by atoms with Gasteiger partial charge in [0.15, 0.2) is 0 Å². The topological polar surface area (TPSA) is 3.24 Å². The molecule has 0 aliphatic rings. The van der Waals surface area contributed by atoms with Crippen molar-refractivity contribution in [2.75, 3.05) is 45.7 Å². The van der Waals surface area contributed by atoms with Crippen molar-refractivity contribution in [3.8, 4) is 0 Å². The second-order valence-corrected chi connectivity index (χ2v) is 7.80. The second-order valence-electron chi connectivity index (χ2n) is 7.80. The van der Waals surface area contributed by atoms with Gasteiger partial charge >= 0.3 is 0 Å². The molecule has 114 valence electrons. The lowest BCUT2D eigenvalue weighted by Crippen LogP contribution is -2.42. The number of anilines is 1. The number of hydrogen-bond donors (Lipinski definition) is 0. The van der Waals surface area contributed by atoms with Crippen molar-refractivity contribution in [2.24, 2.45) is 0 Å². The zero-order valence-corrected chi connectivity index (χ0v) is 14.5. The van der Waals surface area contributed by atoms with Crippen LogP contribution in [0, 0.1) is 0 Å². The van der Waals surface area contributed by atoms with Crippen molar-refractivity contribution in [3.05, 3.63) is 29.8 Å². The summed E-state index contributed by atoms with van der Waals surface area (Å²) in [5.74, 6) is 0. The molecule has 20 heavy (non-hydrogen) atoms. The summed E-state index contributed by atoms with van der Waals surface area (Å²) in [5.41, 5.74) is 2.99. The smallest absolute Gasteiger partial charge is 0.0958 e. The quantitative estimate of drug-likeness (QED) is 0.713. The first-order chi connectivity index (χ1) is 9.13. The van der Waals surface area contributed by atoms with Crippen molar-refractivity contribution in [2.45, 2.75) is 39.5 Å². The minimum absolute atomic E-state index is 0.233. The van der Waals surface area contributed by atoms with E-state index in [1.54, 1.807) is 0 Å². The number of rotatable bonds is 6. The van der Waals surface area contributed by atoms with Crippen molar-refractivity contribution in [1.82, 2.24) is 0 Å². The van der Waals surface area contributed by atoms with Crippen LogP contribution in [0.4, 0.5) is 5.69 Å². The Morgan fingerprint density at radius 2 is 1.50 bits per heavy atom. The van der Waals surface area contributed by atoms with E-state index in [2.05, 4.69) is 78.0 Å². The summed E-state index contributed by atoms with van der Waals surface area (Å²) in [6, 6.07) is 9.13. The van der Waals surface area contributed by atoms with Gasteiger partial charge in [-0.15, -0.1) is 0 Å². The van der Waals surface area contributed by atoms with Gasteiger partial charge in [0, 0.05) is 12.2 Å². The van der Waals surface area contributed by atoms with Gasteiger partial charge in [-0.1, -0.05) is 39.8 Å². The largest absolute Gasteiger partial charge is 0.366 e. The molecule has 0 saturated carbocycles. The molecule has 0 aliphatic heterocycles. The van der Waals surface area contributed by atoms with Crippen LogP contribution in [-0.2, 0) is 5.41 Å². The van der Waals surface area contributed by atoms with Crippen LogP contribution in [-0.4, -0.2) is 45.3 Å². The molecule has 1 aromatic rings. The Labute approximate surface area is 126 Å². The third-order valence-electron chi connectivity index (χ3n) is 3.63. The molecule has 0 atom stereocenters. The fraction of sp³-hybridized carbons (Fsp3) is 0.667. The lowest BCUT2D eigenvalue weighted by Gasteiger charge is -2.30. The molecule has 1 rings (SSSR count). The van der Waals surface area contributed by atoms with E-state index in [1.807, 2.05) is 0 Å². The van der Waals surface area contributed by atoms with Crippen LogP contribution >= 0.6 is 0 Å². The standard InChI is InChI=1S/C18H33N2/c1-8-13-19(14-15-20(5,6)7)17-11-9-16(10-12-17)18(2,3)4/h9-12H,8,13-15H2,1-7H3/q+1. The molecule has 0 fully saturated rings. The summed E-state index contributed by atoms with van der Waals surface area (Å²) in [7, 11) is 6.77. The van der Waals surface area contributed by atoms with E-state index in [0.29, 0.717) is 0 Å². The highest BCUT2D eigenvalue weighted by molar-refractivity contribution is 5.48. The van der Waals surface area contributed by atoms with Gasteiger partial charge in [-0.3, -0.25) is 0 Å². The number of nitrogens with zero attached hydrogens (tertiary/aromatic N) is 2. The Bertz CT molecular complexity index is 393. The van der Waals surface area contributed by atoms with Crippen LogP contribution in [0.2, 0.25) is 0 Å². The van der Waals surface area contributed by atoms with E-state index in [4.69, 9.17) is 0 Å². The van der Waals surface area contributed by atoms with Gasteiger partial charge in [-0.05, 0) is 29.5 Å². The first-order valence-corrected chi connectivity index (χ1v) is 7.79. The van der Waals surface area contributed by atoms with Crippen molar-refractivity contribution < 1.29 is 4.48 Å². The SMILES string of the molecule is CCCN(CC[N+](C)(C)C)c1ccc(C(C)(C)C)cc1. The zero-order chi connectivity index (χ0) is 15.4. The number of hydrogen-bond acceptors (Lipinski definition) is 1. The van der Waals surface area contributed by atoms with Crippen LogP contribution in [0.5, 0.6) is 0 Å². The number of quaternary nitrogens is 1. The summed E-state index contributed by atoms with van der Waals surface area (Å²) in [6.45, 7) is 12.5. The van der Waals surface area contributed by atoms with Crippen LogP contribution < -0.4 is 4.90 Å². The average Bonchev–Trinajstić information content (AvgIpc) is 2.32. The van der Waals surface area contributed by atoms with Gasteiger partial charge in [-0.2, -0.15) is 0 Å². The van der Waals surface area contributed by atoms with Gasteiger partial charge in [-0.25, -0.2) is 0 Å². The Kier molecular flexibility index (Phi) is 5.64. The summed E-state index contributed by atoms with van der Waals surface area (Å²) >= 11 is 0. The van der Waals surface area contributed by atoms with E-state index in [-0.39, 0.29) is 5.41 Å². The maximum Gasteiger partial charge on any atom is 0.0958 e. The Balaban J connectivity index is 2.81. The molecule has 2 heteroatoms. The van der Waals surface area contributed by atoms with Gasteiger partial charge in [0.25, 0.3) is 0 Å². The van der Waals surface area contributed by atoms with Crippen molar-refractivity contribution >= 4 is 5.69 Å². The first-order valence-electron chi connectivity index (χ1n) is 7.79. The molecule has 0 spiro atoms. The fourth-order valence-corrected chi connectivity index (χ4v) is 2.23. The van der Waals surface area contributed by atoms with E-state index in [0.717, 1.165) is 17.6 Å². The third kappa shape index (κ3) is 5.54. The normalized spacial score (nSPS) is 12.6. The lowest BCUT2D eigenvalue weighted by atomic mass is 9.87. The van der Waals surface area contributed by atoms with Crippen LogP contribution in [0.3, 0.4) is 0 Å². The van der Waals surface area contributed by atoms with E-state index in [9.17, 15) is 0 Å². The summed E-state index contributed by atoms with van der Waals surface area (Å²) in [4.78, 5) is 2.51. The molecule has 1 aromatic carbocycles. The summed E-state index contributed by atoms with van der Waals surface area (Å²) in [5, 5.41) is 0. The Morgan fingerprint density at radius 3 is 1.90 bits per heavy atom. The highest BCUT2D eigenvalue weighted by atomic mass is 15.3. The fourth-order valence-electron chi connectivity index (χ4n) is 2.23. The van der Waals surface area contributed by atoms with Crippen LogP contribution in [0.1, 0.15) is 39.7 Å². The van der Waals surface area contributed by atoms with Crippen LogP contribution in [0.25, 0.3) is 0 Å². The van der Waals surface area contributed by atoms with Gasteiger partial charge in [0.1, 0.15) is 0 Å². The Hall–Kier alpha value is -1.02. The lowest BCUT2D eigenvalue weighted by molar-refractivity contribution is -0.868. The van der Waals surface area contributed by atoms with E-state index in [1.165, 1.54) is 24.2 Å². The predicted octanol–water partition coefficient (Wildman–Crippen LogP) is 3.91. The molecule has 0 unspecified atom stereocenters. The Morgan fingerprint density at radius 1 is 0.950 bits per heavy atom. The summed E-state index contributed by atoms with van der Waals surface area (Å²) < 4.78 is 1.01. The maximum absolute atomic E-state index is 2.51. The minimum atomic E-state index is 0.233. The van der Waals surface area contributed by atoms with Crippen molar-refractivity contribution in [1.29, 1.82) is 0 Å². The number of benzene rings is 1. The third-order valence-corrected chi connectivity index (χ3v) is 3.63. The zero-order valence-electron chi connectivity index (χ0n) is 14.5. The highest BCUT2D eigenvalue weighted by Crippen LogP contribution is 2.25. The predicted molar refractivity (Wildman–Crippen MR) is 90.5 cm³/mol. The summed E-state index contributed by atoms with van der Waals surface area (Å²) in [6.07, 6.45) is 1.19. The number of likely N-dealkylation sites (N-methyl/N-ethyl adjacent to an activating group) is 1. The van der Waals surface area contributed by atoms with Gasteiger partial charge in [0.2, 0.25) is 0 Å².